The molecule has 1 aromatic carbocycles. The van der Waals surface area contributed by atoms with E-state index in [0.717, 1.165) is 11.2 Å². The van der Waals surface area contributed by atoms with Gasteiger partial charge in [-0.15, -0.1) is 0 Å². The summed E-state index contributed by atoms with van der Waals surface area (Å²) in [6, 6.07) is 8.23. The third kappa shape index (κ3) is 2.37. The van der Waals surface area contributed by atoms with Gasteiger partial charge < -0.3 is 9.55 Å². The van der Waals surface area contributed by atoms with Gasteiger partial charge in [0.2, 0.25) is 0 Å². The highest BCUT2D eigenvalue weighted by Gasteiger charge is 2.20. The molecule has 0 aliphatic rings. The topological polar surface area (TPSA) is 50.7 Å². The molecule has 1 N–H and O–H groups in total. The van der Waals surface area contributed by atoms with Crippen molar-refractivity contribution in [1.82, 2.24) is 14.5 Å². The maximum Gasteiger partial charge on any atom is 0.198 e. The molecule has 0 saturated carbocycles. The Morgan fingerprint density at radius 1 is 1.38 bits per heavy atom. The van der Waals surface area contributed by atoms with Crippen LogP contribution in [0.15, 0.2) is 36.7 Å². The number of aromatic amines is 1. The molecule has 0 radical (unpaired) electrons. The summed E-state index contributed by atoms with van der Waals surface area (Å²) in [4.78, 5) is 19.9. The zero-order valence-electron chi connectivity index (χ0n) is 12.6. The lowest BCUT2D eigenvalue weighted by atomic mass is 9.93. The molecule has 3 rings (SSSR count). The van der Waals surface area contributed by atoms with E-state index in [1.807, 2.05) is 19.2 Å². The smallest absolute Gasteiger partial charge is 0.198 e. The molecule has 0 aliphatic carbocycles. The van der Waals surface area contributed by atoms with Crippen LogP contribution in [0.4, 0.5) is 0 Å². The highest BCUT2D eigenvalue weighted by atomic mass is 16.1. The second-order valence-corrected chi connectivity index (χ2v) is 5.60. The number of carbonyl (C=O) groups is 1. The maximum absolute atomic E-state index is 12.4. The van der Waals surface area contributed by atoms with Gasteiger partial charge in [0.05, 0.1) is 0 Å². The molecule has 1 atom stereocenters. The van der Waals surface area contributed by atoms with Gasteiger partial charge in [0.15, 0.2) is 11.6 Å². The van der Waals surface area contributed by atoms with Crippen molar-refractivity contribution in [3.05, 3.63) is 53.7 Å². The fourth-order valence-corrected chi connectivity index (χ4v) is 3.04. The molecule has 0 saturated heterocycles. The van der Waals surface area contributed by atoms with Crippen molar-refractivity contribution >= 4 is 16.7 Å². The predicted octanol–water partition coefficient (Wildman–Crippen LogP) is 3.59. The van der Waals surface area contributed by atoms with E-state index in [0.29, 0.717) is 12.2 Å². The van der Waals surface area contributed by atoms with Crippen molar-refractivity contribution in [2.45, 2.75) is 26.2 Å². The normalized spacial score (nSPS) is 12.7. The van der Waals surface area contributed by atoms with Crippen LogP contribution in [0.25, 0.3) is 10.9 Å². The number of fused-ring (bicyclic) bond motifs is 1. The van der Waals surface area contributed by atoms with E-state index in [1.165, 1.54) is 10.9 Å². The molecule has 3 aromatic rings. The van der Waals surface area contributed by atoms with E-state index in [9.17, 15) is 4.79 Å². The van der Waals surface area contributed by atoms with Gasteiger partial charge in [-0.1, -0.05) is 25.1 Å². The number of imidazole rings is 1. The summed E-state index contributed by atoms with van der Waals surface area (Å²) in [7, 11) is 1.85. The number of Topliss-reactive ketones (excluding diaryl/α,β-unsaturated/α-hetero) is 1. The van der Waals surface area contributed by atoms with Crippen molar-refractivity contribution in [3.63, 3.8) is 0 Å². The molecule has 2 aromatic heterocycles. The molecular formula is C17H19N3O. The molecule has 0 unspecified atom stereocenters. The number of nitrogens with zero attached hydrogens (tertiary/aromatic N) is 2. The third-order valence-corrected chi connectivity index (χ3v) is 4.00. The van der Waals surface area contributed by atoms with Crippen molar-refractivity contribution in [1.29, 1.82) is 0 Å². The predicted molar refractivity (Wildman–Crippen MR) is 83.6 cm³/mol. The number of para-hydroxylation sites is 1. The Labute approximate surface area is 123 Å². The van der Waals surface area contributed by atoms with Gasteiger partial charge in [0.1, 0.15) is 0 Å². The Bertz CT molecular complexity index is 797. The molecule has 4 nitrogen and oxygen atoms in total. The molecule has 0 aliphatic heterocycles. The minimum absolute atomic E-state index is 0.0830. The standard InChI is InChI=1S/C17H19N3O/c1-11(10-15(21)17-18-8-9-20(17)3)16-12(2)19-14-7-5-4-6-13(14)16/h4-9,11,19H,10H2,1-3H3/t11-/m1/s1. The molecule has 108 valence electrons. The second-order valence-electron chi connectivity index (χ2n) is 5.60. The Balaban J connectivity index is 1.91. The molecule has 0 amide bonds. The summed E-state index contributed by atoms with van der Waals surface area (Å²) >= 11 is 0. The van der Waals surface area contributed by atoms with Gasteiger partial charge in [0, 0.05) is 42.5 Å². The van der Waals surface area contributed by atoms with Gasteiger partial charge >= 0.3 is 0 Å². The molecule has 0 bridgehead atoms. The number of ketones is 1. The van der Waals surface area contributed by atoms with Crippen molar-refractivity contribution in [3.8, 4) is 0 Å². The molecular weight excluding hydrogens is 262 g/mol. The first-order valence-electron chi connectivity index (χ1n) is 7.15. The summed E-state index contributed by atoms with van der Waals surface area (Å²) in [6.45, 7) is 4.17. The zero-order valence-corrected chi connectivity index (χ0v) is 12.6. The number of aryl methyl sites for hydroxylation is 2. The Morgan fingerprint density at radius 3 is 2.86 bits per heavy atom. The third-order valence-electron chi connectivity index (χ3n) is 4.00. The Kier molecular flexibility index (Phi) is 3.37. The minimum atomic E-state index is 0.0830. The SMILES string of the molecule is Cc1[nH]c2ccccc2c1[C@H](C)CC(=O)c1nccn1C. The van der Waals surface area contributed by atoms with Gasteiger partial charge in [-0.25, -0.2) is 4.98 Å². The maximum atomic E-state index is 12.4. The first-order chi connectivity index (χ1) is 10.1. The number of hydrogen-bond donors (Lipinski definition) is 1. The first-order valence-corrected chi connectivity index (χ1v) is 7.15. The van der Waals surface area contributed by atoms with Crippen LogP contribution in [0.3, 0.4) is 0 Å². The van der Waals surface area contributed by atoms with Crippen LogP contribution in [-0.4, -0.2) is 20.3 Å². The van der Waals surface area contributed by atoms with E-state index in [1.54, 1.807) is 17.0 Å². The van der Waals surface area contributed by atoms with Gasteiger partial charge in [0.25, 0.3) is 0 Å². The zero-order chi connectivity index (χ0) is 15.0. The lowest BCUT2D eigenvalue weighted by Gasteiger charge is -2.11. The fraction of sp³-hybridized carbons (Fsp3) is 0.294. The van der Waals surface area contributed by atoms with Gasteiger partial charge in [-0.2, -0.15) is 0 Å². The first kappa shape index (κ1) is 13.6. The quantitative estimate of drug-likeness (QED) is 0.743. The summed E-state index contributed by atoms with van der Waals surface area (Å²) < 4.78 is 1.77. The van der Waals surface area contributed by atoms with E-state index < -0.39 is 0 Å². The van der Waals surface area contributed by atoms with Gasteiger partial charge in [-0.05, 0) is 24.5 Å². The Morgan fingerprint density at radius 2 is 2.14 bits per heavy atom. The summed E-state index contributed by atoms with van der Waals surface area (Å²) in [5.41, 5.74) is 3.49. The monoisotopic (exact) mass is 281 g/mol. The van der Waals surface area contributed by atoms with Gasteiger partial charge in [-0.3, -0.25) is 4.79 Å². The molecule has 0 spiro atoms. The highest BCUT2D eigenvalue weighted by Crippen LogP contribution is 2.31. The van der Waals surface area contributed by atoms with E-state index >= 15 is 0 Å². The number of hydrogen-bond acceptors (Lipinski definition) is 2. The van der Waals surface area contributed by atoms with Crippen LogP contribution in [0.1, 0.15) is 41.1 Å². The lowest BCUT2D eigenvalue weighted by Crippen LogP contribution is -2.11. The van der Waals surface area contributed by atoms with E-state index in [-0.39, 0.29) is 11.7 Å². The largest absolute Gasteiger partial charge is 0.358 e. The number of rotatable bonds is 4. The molecule has 0 fully saturated rings. The van der Waals surface area contributed by atoms with Crippen LogP contribution in [0, 0.1) is 6.92 Å². The lowest BCUT2D eigenvalue weighted by molar-refractivity contribution is 0.0962. The fourth-order valence-electron chi connectivity index (χ4n) is 3.04. The number of H-pyrrole nitrogens is 1. The van der Waals surface area contributed by atoms with Crippen LogP contribution >= 0.6 is 0 Å². The van der Waals surface area contributed by atoms with Crippen LogP contribution < -0.4 is 0 Å². The average Bonchev–Trinajstić information content (AvgIpc) is 3.00. The number of nitrogens with one attached hydrogen (secondary N) is 1. The van der Waals surface area contributed by atoms with Crippen molar-refractivity contribution < 1.29 is 4.79 Å². The Hall–Kier alpha value is -2.36. The molecule has 21 heavy (non-hydrogen) atoms. The van der Waals surface area contributed by atoms with E-state index in [4.69, 9.17) is 0 Å². The number of carbonyl (C=O) groups excluding carboxylic acids is 1. The summed E-state index contributed by atoms with van der Waals surface area (Å²) in [5.74, 6) is 0.768. The average molecular weight is 281 g/mol. The highest BCUT2D eigenvalue weighted by molar-refractivity contribution is 5.94. The van der Waals surface area contributed by atoms with E-state index in [2.05, 4.69) is 35.9 Å². The minimum Gasteiger partial charge on any atom is -0.358 e. The molecule has 4 heteroatoms. The number of benzene rings is 1. The summed E-state index contributed by atoms with van der Waals surface area (Å²) in [5, 5.41) is 1.20. The van der Waals surface area contributed by atoms with Crippen molar-refractivity contribution in [2.75, 3.05) is 0 Å². The second kappa shape index (κ2) is 5.20. The number of aromatic nitrogens is 3. The molecule has 2 heterocycles. The van der Waals surface area contributed by atoms with Crippen LogP contribution in [0.2, 0.25) is 0 Å². The van der Waals surface area contributed by atoms with Crippen LogP contribution in [0.5, 0.6) is 0 Å². The van der Waals surface area contributed by atoms with Crippen LogP contribution in [-0.2, 0) is 7.05 Å². The summed E-state index contributed by atoms with van der Waals surface area (Å²) in [6.07, 6.45) is 3.93. The van der Waals surface area contributed by atoms with Crippen molar-refractivity contribution in [2.24, 2.45) is 7.05 Å².